The van der Waals surface area contributed by atoms with Crippen molar-refractivity contribution in [3.8, 4) is 0 Å². The molecule has 1 aromatic heterocycles. The van der Waals surface area contributed by atoms with Crippen molar-refractivity contribution in [1.82, 2.24) is 20.4 Å². The minimum Gasteiger partial charge on any atom is -0.372 e. The van der Waals surface area contributed by atoms with Gasteiger partial charge in [-0.2, -0.15) is 5.10 Å². The molecular weight excluding hydrogens is 296 g/mol. The summed E-state index contributed by atoms with van der Waals surface area (Å²) in [7, 11) is 1.95. The van der Waals surface area contributed by atoms with Crippen molar-refractivity contribution in [2.75, 3.05) is 6.54 Å². The number of hydrogen-bond acceptors (Lipinski definition) is 3. The smallest absolute Gasteiger partial charge is 0.0818 e. The highest BCUT2D eigenvalue weighted by molar-refractivity contribution is 5.46. The van der Waals surface area contributed by atoms with Gasteiger partial charge in [0.15, 0.2) is 0 Å². The van der Waals surface area contributed by atoms with Crippen molar-refractivity contribution >= 4 is 0 Å². The van der Waals surface area contributed by atoms with Gasteiger partial charge in [0.2, 0.25) is 0 Å². The van der Waals surface area contributed by atoms with Gasteiger partial charge in [0.25, 0.3) is 0 Å². The number of nitrogens with zero attached hydrogens (tertiary/aromatic N) is 2. The maximum Gasteiger partial charge on any atom is 0.0818 e. The fourth-order valence-electron chi connectivity index (χ4n) is 2.96. The predicted molar refractivity (Wildman–Crippen MR) is 102 cm³/mol. The largest absolute Gasteiger partial charge is 0.372 e. The van der Waals surface area contributed by atoms with Gasteiger partial charge in [-0.15, -0.1) is 0 Å². The van der Waals surface area contributed by atoms with E-state index >= 15 is 0 Å². The second-order valence-corrected chi connectivity index (χ2v) is 6.59. The first-order valence-electron chi connectivity index (χ1n) is 8.64. The molecule has 0 aliphatic carbocycles. The molecule has 0 saturated carbocycles. The molecule has 4 nitrogen and oxygen atoms in total. The summed E-state index contributed by atoms with van der Waals surface area (Å²) < 4.78 is 1.85. The molecule has 0 amide bonds. The Kier molecular flexibility index (Phi) is 5.84. The number of hydrogen-bond donors (Lipinski definition) is 2. The molecule has 2 atom stereocenters. The van der Waals surface area contributed by atoms with Gasteiger partial charge < -0.3 is 10.6 Å². The number of rotatable bonds is 6. The number of aryl methyl sites for hydroxylation is 1. The van der Waals surface area contributed by atoms with Crippen LogP contribution in [0.2, 0.25) is 0 Å². The summed E-state index contributed by atoms with van der Waals surface area (Å²) in [5, 5.41) is 11.6. The molecule has 0 radical (unpaired) electrons. The second-order valence-electron chi connectivity index (χ2n) is 6.59. The Bertz CT molecular complexity index is 690. The van der Waals surface area contributed by atoms with Crippen molar-refractivity contribution in [1.29, 1.82) is 0 Å². The lowest BCUT2D eigenvalue weighted by Gasteiger charge is -2.35. The standard InChI is InChI=1S/C20H30N4/c1-7-9-10-15(3)19-11-17(16(4)21-8-2)12-20(5,23-19)18-13-22-24(6)14-18/h7,9-14,16,21,23H,8H2,1-6H3/b9-7-,15-10+/t16?,20-/m1/s1. The summed E-state index contributed by atoms with van der Waals surface area (Å²) in [6.07, 6.45) is 14.8. The van der Waals surface area contributed by atoms with Crippen LogP contribution in [0.4, 0.5) is 0 Å². The Hall–Kier alpha value is -2.07. The zero-order valence-corrected chi connectivity index (χ0v) is 15.7. The lowest BCUT2D eigenvalue weighted by molar-refractivity contribution is 0.491. The first kappa shape index (κ1) is 18.3. The molecule has 24 heavy (non-hydrogen) atoms. The van der Waals surface area contributed by atoms with Gasteiger partial charge in [0.1, 0.15) is 0 Å². The van der Waals surface area contributed by atoms with Gasteiger partial charge in [0.05, 0.1) is 11.7 Å². The highest BCUT2D eigenvalue weighted by Crippen LogP contribution is 2.31. The topological polar surface area (TPSA) is 41.9 Å². The predicted octanol–water partition coefficient (Wildman–Crippen LogP) is 3.57. The third kappa shape index (κ3) is 4.06. The number of allylic oxidation sites excluding steroid dienone is 4. The number of aromatic nitrogens is 2. The van der Waals surface area contributed by atoms with E-state index in [0.29, 0.717) is 6.04 Å². The van der Waals surface area contributed by atoms with Gasteiger partial charge in [-0.25, -0.2) is 0 Å². The summed E-state index contributed by atoms with van der Waals surface area (Å²) in [6, 6.07) is 0.303. The average Bonchev–Trinajstić information content (AvgIpc) is 2.99. The molecule has 2 rings (SSSR count). The van der Waals surface area contributed by atoms with Crippen LogP contribution in [0, 0.1) is 0 Å². The molecule has 1 aliphatic heterocycles. The zero-order chi connectivity index (χ0) is 17.7. The fraction of sp³-hybridized carbons (Fsp3) is 0.450. The normalized spacial score (nSPS) is 23.0. The summed E-state index contributed by atoms with van der Waals surface area (Å²) in [6.45, 7) is 11.7. The molecule has 2 N–H and O–H groups in total. The van der Waals surface area contributed by atoms with E-state index in [1.165, 1.54) is 11.1 Å². The molecule has 4 heteroatoms. The van der Waals surface area contributed by atoms with E-state index in [9.17, 15) is 0 Å². The van der Waals surface area contributed by atoms with E-state index in [4.69, 9.17) is 0 Å². The summed E-state index contributed by atoms with van der Waals surface area (Å²) in [5.41, 5.74) is 4.56. The molecular formula is C20H30N4. The van der Waals surface area contributed by atoms with Crippen LogP contribution in [0.1, 0.15) is 40.2 Å². The maximum absolute atomic E-state index is 4.35. The Morgan fingerprint density at radius 1 is 1.50 bits per heavy atom. The highest BCUT2D eigenvalue weighted by Gasteiger charge is 2.31. The molecule has 0 bridgehead atoms. The van der Waals surface area contributed by atoms with Gasteiger partial charge in [-0.05, 0) is 51.5 Å². The molecule has 1 unspecified atom stereocenters. The summed E-state index contributed by atoms with van der Waals surface area (Å²) in [4.78, 5) is 0. The van der Waals surface area contributed by atoms with Gasteiger partial charge in [-0.3, -0.25) is 4.68 Å². The lowest BCUT2D eigenvalue weighted by atomic mass is 9.85. The van der Waals surface area contributed by atoms with E-state index in [-0.39, 0.29) is 5.54 Å². The average molecular weight is 326 g/mol. The highest BCUT2D eigenvalue weighted by atomic mass is 15.2. The van der Waals surface area contributed by atoms with Gasteiger partial charge in [0, 0.05) is 30.5 Å². The molecule has 2 heterocycles. The monoisotopic (exact) mass is 326 g/mol. The van der Waals surface area contributed by atoms with Crippen LogP contribution < -0.4 is 10.6 Å². The summed E-state index contributed by atoms with van der Waals surface area (Å²) in [5.74, 6) is 0. The van der Waals surface area contributed by atoms with Crippen molar-refractivity contribution in [3.05, 3.63) is 65.2 Å². The lowest BCUT2D eigenvalue weighted by Crippen LogP contribution is -2.42. The molecule has 1 aliphatic rings. The van der Waals surface area contributed by atoms with E-state index < -0.39 is 0 Å². The minimum absolute atomic E-state index is 0.275. The Balaban J connectivity index is 2.45. The second kappa shape index (κ2) is 7.67. The van der Waals surface area contributed by atoms with Crippen molar-refractivity contribution in [2.24, 2.45) is 7.05 Å². The van der Waals surface area contributed by atoms with Crippen molar-refractivity contribution in [3.63, 3.8) is 0 Å². The SMILES string of the molecule is C/C=C\C=C(/C)C1=CC(C(C)NCC)=C[C@](C)(c2cnn(C)c2)N1. The van der Waals surface area contributed by atoms with E-state index in [1.807, 2.05) is 30.9 Å². The van der Waals surface area contributed by atoms with Crippen LogP contribution in [-0.2, 0) is 12.6 Å². The molecule has 1 aromatic rings. The molecule has 130 valence electrons. The van der Waals surface area contributed by atoms with Gasteiger partial charge >= 0.3 is 0 Å². The van der Waals surface area contributed by atoms with Crippen LogP contribution in [0.25, 0.3) is 0 Å². The zero-order valence-electron chi connectivity index (χ0n) is 15.7. The number of nitrogens with one attached hydrogen (secondary N) is 2. The molecule has 0 saturated heterocycles. The Labute approximate surface area is 146 Å². The van der Waals surface area contributed by atoms with E-state index in [1.54, 1.807) is 0 Å². The number of dihydropyridines is 1. The van der Waals surface area contributed by atoms with E-state index in [0.717, 1.165) is 17.8 Å². The van der Waals surface area contributed by atoms with Crippen LogP contribution in [0.3, 0.4) is 0 Å². The first-order chi connectivity index (χ1) is 11.4. The number of likely N-dealkylation sites (N-methyl/N-ethyl adjacent to an activating group) is 1. The summed E-state index contributed by atoms with van der Waals surface area (Å²) >= 11 is 0. The maximum atomic E-state index is 4.35. The van der Waals surface area contributed by atoms with E-state index in [2.05, 4.69) is 73.9 Å². The Morgan fingerprint density at radius 3 is 2.83 bits per heavy atom. The Morgan fingerprint density at radius 2 is 2.25 bits per heavy atom. The van der Waals surface area contributed by atoms with Crippen LogP contribution >= 0.6 is 0 Å². The third-order valence-electron chi connectivity index (χ3n) is 4.44. The molecule has 0 aromatic carbocycles. The van der Waals surface area contributed by atoms with Crippen LogP contribution in [0.15, 0.2) is 59.6 Å². The molecule has 0 fully saturated rings. The minimum atomic E-state index is -0.275. The quantitative estimate of drug-likeness (QED) is 0.785. The van der Waals surface area contributed by atoms with Gasteiger partial charge in [-0.1, -0.05) is 31.2 Å². The van der Waals surface area contributed by atoms with Crippen LogP contribution in [-0.4, -0.2) is 22.4 Å². The van der Waals surface area contributed by atoms with Crippen molar-refractivity contribution < 1.29 is 0 Å². The fourth-order valence-corrected chi connectivity index (χ4v) is 2.96. The van der Waals surface area contributed by atoms with Crippen LogP contribution in [0.5, 0.6) is 0 Å². The molecule has 0 spiro atoms. The first-order valence-corrected chi connectivity index (χ1v) is 8.64. The van der Waals surface area contributed by atoms with Crippen molar-refractivity contribution in [2.45, 2.75) is 46.2 Å². The third-order valence-corrected chi connectivity index (χ3v) is 4.44.